The topological polar surface area (TPSA) is 176 Å². The first-order valence-electron chi connectivity index (χ1n) is 5.88. The van der Waals surface area contributed by atoms with Gasteiger partial charge in [-0.3, -0.25) is 40.5 Å². The Kier molecular flexibility index (Phi) is 6.83. The van der Waals surface area contributed by atoms with Crippen molar-refractivity contribution in [3.63, 3.8) is 0 Å². The van der Waals surface area contributed by atoms with Gasteiger partial charge in [-0.15, -0.1) is 8.96 Å². The first kappa shape index (κ1) is 21.3. The lowest BCUT2D eigenvalue weighted by Crippen LogP contribution is -2.55. The predicted molar refractivity (Wildman–Crippen MR) is 62.0 cm³/mol. The molecule has 0 saturated carbocycles. The molecule has 0 bridgehead atoms. The normalized spacial score (nSPS) is 13.5. The van der Waals surface area contributed by atoms with Gasteiger partial charge in [-0.2, -0.15) is 0 Å². The maximum Gasteiger partial charge on any atom is 0.635 e. The van der Waals surface area contributed by atoms with E-state index >= 15 is 0 Å². The van der Waals surface area contributed by atoms with Gasteiger partial charge >= 0.3 is 11.8 Å². The van der Waals surface area contributed by atoms with Crippen LogP contribution in [0.15, 0.2) is 0 Å². The number of hydrogen-bond acceptors (Lipinski definition) is 9. The molecule has 0 aliphatic carbocycles. The third-order valence-electron chi connectivity index (χ3n) is 2.95. The van der Waals surface area contributed by atoms with E-state index in [1.807, 2.05) is 0 Å². The molecular weight excluding hydrogens is 358 g/mol. The molecule has 0 aliphatic rings. The Balaban J connectivity index is 5.03. The maximum absolute atomic E-state index is 13.7. The molecular formula is C7H9F4N5O8. The Hall–Kier alpha value is -2.72. The number of nitro groups is 4. The third-order valence-corrected chi connectivity index (χ3v) is 2.95. The molecule has 24 heavy (non-hydrogen) atoms. The van der Waals surface area contributed by atoms with Crippen LogP contribution in [-0.2, 0) is 0 Å². The fraction of sp³-hybridized carbons (Fsp3) is 1.00. The molecule has 1 atom stereocenters. The number of alkyl halides is 2. The maximum atomic E-state index is 13.7. The van der Waals surface area contributed by atoms with Gasteiger partial charge < -0.3 is 0 Å². The second-order valence-corrected chi connectivity index (χ2v) is 4.40. The standard InChI is InChI=1S/C7H9F4N5O8/c8-6(13(17)18,14(19)20)4-2-1-3-5(12(10)11)7(9,15(21)22)16(23)24/h5H,1-4H2. The lowest BCUT2D eigenvalue weighted by Gasteiger charge is -2.18. The number of unbranched alkanes of at least 4 members (excludes halogenated alkanes) is 1. The fourth-order valence-corrected chi connectivity index (χ4v) is 1.65. The Bertz CT molecular complexity index is 505. The van der Waals surface area contributed by atoms with E-state index in [-0.39, 0.29) is 0 Å². The zero-order valence-corrected chi connectivity index (χ0v) is 11.4. The molecule has 0 rings (SSSR count). The summed E-state index contributed by atoms with van der Waals surface area (Å²) >= 11 is 0. The average Bonchev–Trinajstić information content (AvgIpc) is 2.44. The average molecular weight is 367 g/mol. The van der Waals surface area contributed by atoms with Crippen molar-refractivity contribution >= 4 is 0 Å². The number of rotatable bonds is 11. The Morgan fingerprint density at radius 1 is 0.833 bits per heavy atom. The van der Waals surface area contributed by atoms with Gasteiger partial charge in [0.1, 0.15) is 26.1 Å². The highest BCUT2D eigenvalue weighted by molar-refractivity contribution is 4.72. The van der Waals surface area contributed by atoms with Crippen LogP contribution in [0.4, 0.5) is 17.7 Å². The third kappa shape index (κ3) is 4.18. The van der Waals surface area contributed by atoms with Crippen molar-refractivity contribution in [2.45, 2.75) is 43.6 Å². The highest BCUT2D eigenvalue weighted by Gasteiger charge is 2.68. The highest BCUT2D eigenvalue weighted by Crippen LogP contribution is 2.29. The zero-order valence-electron chi connectivity index (χ0n) is 11.4. The summed E-state index contributed by atoms with van der Waals surface area (Å²) in [4.78, 5) is 33.1. The van der Waals surface area contributed by atoms with Gasteiger partial charge in [0.15, 0.2) is 0 Å². The van der Waals surface area contributed by atoms with Crippen LogP contribution in [0.5, 0.6) is 0 Å². The quantitative estimate of drug-likeness (QED) is 0.0991. The van der Waals surface area contributed by atoms with Gasteiger partial charge in [-0.1, -0.05) is 15.2 Å². The van der Waals surface area contributed by atoms with Crippen LogP contribution >= 0.6 is 0 Å². The van der Waals surface area contributed by atoms with Crippen LogP contribution in [0.25, 0.3) is 0 Å². The summed E-state index contributed by atoms with van der Waals surface area (Å²) in [5.74, 6) is -8.91. The lowest BCUT2D eigenvalue weighted by molar-refractivity contribution is -0.841. The minimum absolute atomic E-state index is 0.824. The van der Waals surface area contributed by atoms with Gasteiger partial charge in [0, 0.05) is 5.34 Å². The van der Waals surface area contributed by atoms with E-state index in [2.05, 4.69) is 0 Å². The van der Waals surface area contributed by atoms with Crippen LogP contribution in [0.1, 0.15) is 25.7 Å². The second-order valence-electron chi connectivity index (χ2n) is 4.40. The molecule has 0 fully saturated rings. The van der Waals surface area contributed by atoms with Crippen molar-refractivity contribution in [1.82, 2.24) is 5.34 Å². The van der Waals surface area contributed by atoms with Gasteiger partial charge in [-0.05, 0) is 12.8 Å². The van der Waals surface area contributed by atoms with Crippen LogP contribution in [-0.4, -0.2) is 42.9 Å². The molecule has 138 valence electrons. The summed E-state index contributed by atoms with van der Waals surface area (Å²) < 4.78 is 52.1. The molecule has 0 aromatic rings. The molecule has 13 nitrogen and oxygen atoms in total. The molecule has 0 aromatic heterocycles. The van der Waals surface area contributed by atoms with E-state index in [0.29, 0.717) is 0 Å². The summed E-state index contributed by atoms with van der Waals surface area (Å²) in [6.45, 7) is 0. The minimum Gasteiger partial charge on any atom is -0.256 e. The van der Waals surface area contributed by atoms with E-state index in [1.54, 1.807) is 0 Å². The van der Waals surface area contributed by atoms with Gasteiger partial charge in [0.05, 0.1) is 0 Å². The molecule has 0 spiro atoms. The minimum atomic E-state index is -4.79. The van der Waals surface area contributed by atoms with Gasteiger partial charge in [0.25, 0.3) is 6.04 Å². The summed E-state index contributed by atoms with van der Waals surface area (Å²) in [7, 11) is 0. The molecule has 0 radical (unpaired) electrons. The fourth-order valence-electron chi connectivity index (χ4n) is 1.65. The first-order chi connectivity index (χ1) is 10.8. The van der Waals surface area contributed by atoms with E-state index in [4.69, 9.17) is 0 Å². The van der Waals surface area contributed by atoms with Crippen LogP contribution in [0.2, 0.25) is 0 Å². The molecule has 0 aliphatic heterocycles. The van der Waals surface area contributed by atoms with Crippen LogP contribution < -0.4 is 0 Å². The van der Waals surface area contributed by atoms with Crippen molar-refractivity contribution in [1.29, 1.82) is 0 Å². The van der Waals surface area contributed by atoms with Crippen molar-refractivity contribution in [3.8, 4) is 0 Å². The first-order valence-corrected chi connectivity index (χ1v) is 5.88. The van der Waals surface area contributed by atoms with E-state index in [1.165, 1.54) is 0 Å². The van der Waals surface area contributed by atoms with E-state index in [0.717, 1.165) is 0 Å². The second kappa shape index (κ2) is 7.70. The number of hydrogen-bond donors (Lipinski definition) is 0. The molecule has 0 saturated heterocycles. The van der Waals surface area contributed by atoms with E-state index < -0.39 is 68.6 Å². The molecule has 17 heteroatoms. The largest absolute Gasteiger partial charge is 0.635 e. The van der Waals surface area contributed by atoms with Gasteiger partial charge in [0.2, 0.25) is 0 Å². The smallest absolute Gasteiger partial charge is 0.256 e. The number of halogens is 4. The summed E-state index contributed by atoms with van der Waals surface area (Å²) in [5, 5.41) is 39.1. The SMILES string of the molecule is O=[N+]([O-])C(F)(CCCCC(N(F)F)C(F)([N+](=O)[O-])[N+](=O)[O-])[N+](=O)[O-]. The van der Waals surface area contributed by atoms with Crippen LogP contribution in [0, 0.1) is 40.5 Å². The van der Waals surface area contributed by atoms with Crippen molar-refractivity contribution in [2.75, 3.05) is 0 Å². The predicted octanol–water partition coefficient (Wildman–Crippen LogP) is 1.34. The summed E-state index contributed by atoms with van der Waals surface area (Å²) in [6.07, 6.45) is -4.37. The van der Waals surface area contributed by atoms with E-state index in [9.17, 15) is 58.2 Å². The summed E-state index contributed by atoms with van der Waals surface area (Å²) in [6, 6.07) is -3.19. The molecule has 0 aromatic carbocycles. The van der Waals surface area contributed by atoms with Gasteiger partial charge in [-0.25, -0.2) is 0 Å². The Morgan fingerprint density at radius 3 is 1.54 bits per heavy atom. The molecule has 1 unspecified atom stereocenters. The molecule has 0 amide bonds. The monoisotopic (exact) mass is 367 g/mol. The highest BCUT2D eigenvalue weighted by atomic mass is 19.4. The summed E-state index contributed by atoms with van der Waals surface area (Å²) in [5.41, 5.74) is 0. The van der Waals surface area contributed by atoms with Crippen molar-refractivity contribution < 1.29 is 37.4 Å². The van der Waals surface area contributed by atoms with Crippen molar-refractivity contribution in [3.05, 3.63) is 40.5 Å². The Labute approximate surface area is 128 Å². The van der Waals surface area contributed by atoms with Crippen LogP contribution in [0.3, 0.4) is 0 Å². The number of nitrogens with zero attached hydrogens (tertiary/aromatic N) is 5. The lowest BCUT2D eigenvalue weighted by atomic mass is 10.0. The zero-order chi connectivity index (χ0) is 19.3. The van der Waals surface area contributed by atoms with Crippen molar-refractivity contribution in [2.24, 2.45) is 0 Å². The Morgan fingerprint density at radius 2 is 1.25 bits per heavy atom. The molecule has 0 N–H and O–H groups in total. The molecule has 0 heterocycles.